The molecule has 0 bridgehead atoms. The smallest absolute Gasteiger partial charge is 0.328 e. The molecule has 194 valence electrons. The number of halogens is 2. The molecule has 4 N–H and O–H groups in total. The third-order valence-electron chi connectivity index (χ3n) is 6.73. The molecule has 1 saturated heterocycles. The highest BCUT2D eigenvalue weighted by molar-refractivity contribution is 6.31. The first kappa shape index (κ1) is 25.9. The van der Waals surface area contributed by atoms with Gasteiger partial charge in [0.05, 0.1) is 17.6 Å². The maximum Gasteiger partial charge on any atom is 0.328 e. The van der Waals surface area contributed by atoms with Crippen molar-refractivity contribution in [2.24, 2.45) is 11.8 Å². The second kappa shape index (κ2) is 10.1. The van der Waals surface area contributed by atoms with E-state index in [2.05, 4.69) is 20.9 Å². The molecule has 0 unspecified atom stereocenters. The zero-order valence-corrected chi connectivity index (χ0v) is 21.1. The molecule has 1 aromatic carbocycles. The van der Waals surface area contributed by atoms with Crippen molar-refractivity contribution in [3.63, 3.8) is 0 Å². The Bertz CT molecular complexity index is 1210. The Kier molecular flexibility index (Phi) is 7.26. The largest absolute Gasteiger partial charge is 0.467 e. The third-order valence-corrected chi connectivity index (χ3v) is 7.02. The van der Waals surface area contributed by atoms with Gasteiger partial charge in [0, 0.05) is 16.8 Å². The first-order valence-electron chi connectivity index (χ1n) is 11.9. The van der Waals surface area contributed by atoms with Crippen molar-refractivity contribution in [3.8, 4) is 0 Å². The summed E-state index contributed by atoms with van der Waals surface area (Å²) in [6.07, 6.45) is 2.86. The minimum absolute atomic E-state index is 0.0736. The van der Waals surface area contributed by atoms with E-state index >= 15 is 0 Å². The average molecular weight is 521 g/mol. The minimum atomic E-state index is -1.05. The number of fused-ring (bicyclic) bond motifs is 1. The predicted octanol–water partition coefficient (Wildman–Crippen LogP) is 2.82. The fourth-order valence-corrected chi connectivity index (χ4v) is 4.87. The molecule has 1 aliphatic carbocycles. The Morgan fingerprint density at radius 3 is 2.53 bits per heavy atom. The molecule has 0 spiro atoms. The van der Waals surface area contributed by atoms with Crippen LogP contribution >= 0.6 is 11.6 Å². The standard InChI is InChI=1S/C25H30ClFN4O5/c1-25(2)11-14(21(32)31-25)10-18(24(35)36-3)30-22(33)16(8-12-4-5-12)29-23(34)17-9-13-6-7-15(26)19(27)20(13)28-17/h6-7,9,12,14,16,18,28H,4-5,8,10-11H2,1-3H3,(H,29,34)(H,30,33)(H,31,32)/t14-,16+,18+/m1/s1. The number of carbonyl (C=O) groups excluding carboxylic acids is 4. The summed E-state index contributed by atoms with van der Waals surface area (Å²) in [5.41, 5.74) is -0.230. The Morgan fingerprint density at radius 2 is 1.92 bits per heavy atom. The van der Waals surface area contributed by atoms with Crippen LogP contribution in [0.15, 0.2) is 18.2 Å². The fourth-order valence-electron chi connectivity index (χ4n) is 4.71. The number of aromatic nitrogens is 1. The van der Waals surface area contributed by atoms with Gasteiger partial charge in [-0.15, -0.1) is 0 Å². The highest BCUT2D eigenvalue weighted by Gasteiger charge is 2.41. The van der Waals surface area contributed by atoms with Gasteiger partial charge in [0.15, 0.2) is 5.82 Å². The molecule has 1 aromatic heterocycles. The molecular formula is C25H30ClFN4O5. The molecule has 2 heterocycles. The van der Waals surface area contributed by atoms with Crippen molar-refractivity contribution in [2.75, 3.05) is 7.11 Å². The summed E-state index contributed by atoms with van der Waals surface area (Å²) in [4.78, 5) is 53.7. The zero-order chi connectivity index (χ0) is 26.2. The summed E-state index contributed by atoms with van der Waals surface area (Å²) in [6.45, 7) is 3.78. The topological polar surface area (TPSA) is 129 Å². The van der Waals surface area contributed by atoms with Crippen molar-refractivity contribution < 1.29 is 28.3 Å². The van der Waals surface area contributed by atoms with E-state index in [1.54, 1.807) is 6.07 Å². The van der Waals surface area contributed by atoms with Gasteiger partial charge in [0.25, 0.3) is 5.91 Å². The summed E-state index contributed by atoms with van der Waals surface area (Å²) in [5, 5.41) is 8.66. The van der Waals surface area contributed by atoms with E-state index in [-0.39, 0.29) is 34.5 Å². The van der Waals surface area contributed by atoms with Gasteiger partial charge in [-0.3, -0.25) is 14.4 Å². The lowest BCUT2D eigenvalue weighted by Crippen LogP contribution is -2.52. The molecule has 2 aliphatic rings. The number of nitrogens with one attached hydrogen (secondary N) is 4. The molecule has 2 fully saturated rings. The van der Waals surface area contributed by atoms with Crippen LogP contribution in [0.3, 0.4) is 0 Å². The SMILES string of the molecule is COC(=O)[C@H](C[C@@H]1CC(C)(C)NC1=O)NC(=O)[C@H](CC1CC1)NC(=O)c1cc2ccc(Cl)c(F)c2[nH]1. The van der Waals surface area contributed by atoms with Gasteiger partial charge in [-0.25, -0.2) is 9.18 Å². The quantitative estimate of drug-likeness (QED) is 0.378. The summed E-state index contributed by atoms with van der Waals surface area (Å²) in [5.74, 6) is -2.84. The van der Waals surface area contributed by atoms with Crippen molar-refractivity contribution in [2.45, 2.75) is 63.6 Å². The van der Waals surface area contributed by atoms with E-state index < -0.39 is 47.1 Å². The number of esters is 1. The molecule has 0 radical (unpaired) electrons. The lowest BCUT2D eigenvalue weighted by Gasteiger charge is -2.23. The van der Waals surface area contributed by atoms with E-state index in [9.17, 15) is 23.6 Å². The normalized spacial score (nSPS) is 20.5. The molecule has 1 aliphatic heterocycles. The number of methoxy groups -OCH3 is 1. The summed E-state index contributed by atoms with van der Waals surface area (Å²) in [6, 6.07) is 2.50. The van der Waals surface area contributed by atoms with Crippen LogP contribution in [0, 0.1) is 17.7 Å². The number of rotatable bonds is 9. The minimum Gasteiger partial charge on any atom is -0.467 e. The molecule has 1 saturated carbocycles. The van der Waals surface area contributed by atoms with Crippen LogP contribution in [0.5, 0.6) is 0 Å². The van der Waals surface area contributed by atoms with E-state index in [1.165, 1.54) is 19.2 Å². The molecule has 9 nitrogen and oxygen atoms in total. The van der Waals surface area contributed by atoms with Gasteiger partial charge in [-0.2, -0.15) is 0 Å². The molecule has 11 heteroatoms. The molecule has 2 aromatic rings. The number of hydrogen-bond donors (Lipinski definition) is 4. The number of benzene rings is 1. The summed E-state index contributed by atoms with van der Waals surface area (Å²) >= 11 is 5.83. The number of aromatic amines is 1. The molecule has 36 heavy (non-hydrogen) atoms. The lowest BCUT2D eigenvalue weighted by molar-refractivity contribution is -0.146. The second-order valence-electron chi connectivity index (χ2n) is 10.3. The van der Waals surface area contributed by atoms with E-state index in [0.29, 0.717) is 18.2 Å². The fraction of sp³-hybridized carbons (Fsp3) is 0.520. The number of H-pyrrole nitrogens is 1. The Hall–Kier alpha value is -3.14. The van der Waals surface area contributed by atoms with Crippen molar-refractivity contribution in [3.05, 3.63) is 34.7 Å². The van der Waals surface area contributed by atoms with Gasteiger partial charge < -0.3 is 25.7 Å². The van der Waals surface area contributed by atoms with Gasteiger partial charge in [-0.05, 0) is 51.2 Å². The average Bonchev–Trinajstić information content (AvgIpc) is 3.45. The third kappa shape index (κ3) is 5.80. The van der Waals surface area contributed by atoms with Gasteiger partial charge in [0.1, 0.15) is 17.8 Å². The molecular weight excluding hydrogens is 491 g/mol. The maximum atomic E-state index is 14.3. The van der Waals surface area contributed by atoms with Gasteiger partial charge in [-0.1, -0.05) is 30.5 Å². The Balaban J connectivity index is 1.48. The van der Waals surface area contributed by atoms with Crippen LogP contribution in [-0.4, -0.2) is 53.4 Å². The van der Waals surface area contributed by atoms with E-state index in [0.717, 1.165) is 12.8 Å². The highest BCUT2D eigenvalue weighted by atomic mass is 35.5. The van der Waals surface area contributed by atoms with E-state index in [4.69, 9.17) is 16.3 Å². The molecule has 3 amide bonds. The summed E-state index contributed by atoms with van der Waals surface area (Å²) in [7, 11) is 1.21. The van der Waals surface area contributed by atoms with Crippen LogP contribution in [-0.2, 0) is 19.1 Å². The van der Waals surface area contributed by atoms with Crippen LogP contribution in [0.25, 0.3) is 10.9 Å². The second-order valence-corrected chi connectivity index (χ2v) is 10.7. The van der Waals surface area contributed by atoms with Crippen LogP contribution in [0.2, 0.25) is 5.02 Å². The zero-order valence-electron chi connectivity index (χ0n) is 20.4. The number of ether oxygens (including phenoxy) is 1. The van der Waals surface area contributed by atoms with Gasteiger partial charge in [0.2, 0.25) is 11.8 Å². The van der Waals surface area contributed by atoms with Crippen LogP contribution in [0.1, 0.15) is 56.4 Å². The van der Waals surface area contributed by atoms with Crippen molar-refractivity contribution >= 4 is 46.2 Å². The van der Waals surface area contributed by atoms with Crippen LogP contribution < -0.4 is 16.0 Å². The monoisotopic (exact) mass is 520 g/mol. The lowest BCUT2D eigenvalue weighted by atomic mass is 9.91. The first-order valence-corrected chi connectivity index (χ1v) is 12.3. The number of carbonyl (C=O) groups is 4. The molecule has 3 atom stereocenters. The Morgan fingerprint density at radius 1 is 1.19 bits per heavy atom. The number of hydrogen-bond acceptors (Lipinski definition) is 5. The van der Waals surface area contributed by atoms with Crippen LogP contribution in [0.4, 0.5) is 4.39 Å². The van der Waals surface area contributed by atoms with E-state index in [1.807, 2.05) is 13.8 Å². The first-order chi connectivity index (χ1) is 17.0. The number of amides is 3. The Labute approximate surface area is 212 Å². The summed E-state index contributed by atoms with van der Waals surface area (Å²) < 4.78 is 19.2. The maximum absolute atomic E-state index is 14.3. The van der Waals surface area contributed by atoms with Crippen molar-refractivity contribution in [1.82, 2.24) is 20.9 Å². The van der Waals surface area contributed by atoms with Gasteiger partial charge >= 0.3 is 5.97 Å². The highest BCUT2D eigenvalue weighted by Crippen LogP contribution is 2.34. The van der Waals surface area contributed by atoms with Crippen molar-refractivity contribution in [1.29, 1.82) is 0 Å². The predicted molar refractivity (Wildman–Crippen MR) is 131 cm³/mol. The molecule has 4 rings (SSSR count).